The molecule has 2 aromatic carbocycles. The molecule has 0 amide bonds. The summed E-state index contributed by atoms with van der Waals surface area (Å²) in [6.07, 6.45) is 0. The number of Topliss-reactive ketones (excluding diaryl/α,β-unsaturated/α-hetero) is 1. The summed E-state index contributed by atoms with van der Waals surface area (Å²) >= 11 is 0. The second kappa shape index (κ2) is 5.00. The number of benzene rings is 2. The van der Waals surface area contributed by atoms with Gasteiger partial charge < -0.3 is 5.32 Å². The summed E-state index contributed by atoms with van der Waals surface area (Å²) in [4.78, 5) is 11.4. The molecule has 0 fully saturated rings. The number of ketones is 1. The molecule has 0 atom stereocenters. The molecule has 0 aliphatic heterocycles. The molecule has 0 radical (unpaired) electrons. The molecule has 92 valence electrons. The molecule has 1 N–H and O–H groups in total. The van der Waals surface area contributed by atoms with Crippen LogP contribution in [0.15, 0.2) is 42.5 Å². The van der Waals surface area contributed by atoms with E-state index in [1.807, 2.05) is 30.3 Å². The summed E-state index contributed by atoms with van der Waals surface area (Å²) in [5.41, 5.74) is 2.30. The van der Waals surface area contributed by atoms with E-state index in [1.165, 1.54) is 13.0 Å². The highest BCUT2D eigenvalue weighted by Crippen LogP contribution is 2.28. The third kappa shape index (κ3) is 2.25. The second-order valence-electron chi connectivity index (χ2n) is 4.05. The highest BCUT2D eigenvalue weighted by Gasteiger charge is 2.13. The van der Waals surface area contributed by atoms with Crippen molar-refractivity contribution in [2.24, 2.45) is 0 Å². The predicted octanol–water partition coefficient (Wildman–Crippen LogP) is 3.74. The molecule has 0 unspecified atom stereocenters. The molecule has 18 heavy (non-hydrogen) atoms. The minimum absolute atomic E-state index is 0.155. The molecule has 2 rings (SSSR count). The minimum Gasteiger partial charge on any atom is -0.388 e. The maximum atomic E-state index is 14.0. The normalized spacial score (nSPS) is 10.2. The van der Waals surface area contributed by atoms with E-state index in [0.29, 0.717) is 16.8 Å². The zero-order valence-corrected chi connectivity index (χ0v) is 10.3. The summed E-state index contributed by atoms with van der Waals surface area (Å²) in [7, 11) is 1.72. The molecule has 2 nitrogen and oxygen atoms in total. The first kappa shape index (κ1) is 12.3. The SMILES string of the molecule is CNc1cc(-c2ccccc2)c(F)cc1C(C)=O. The van der Waals surface area contributed by atoms with Crippen LogP contribution in [0.3, 0.4) is 0 Å². The first-order valence-corrected chi connectivity index (χ1v) is 5.71. The van der Waals surface area contributed by atoms with E-state index >= 15 is 0 Å². The van der Waals surface area contributed by atoms with Crippen molar-refractivity contribution in [3.8, 4) is 11.1 Å². The van der Waals surface area contributed by atoms with E-state index in [9.17, 15) is 9.18 Å². The fourth-order valence-corrected chi connectivity index (χ4v) is 1.91. The van der Waals surface area contributed by atoms with Crippen molar-refractivity contribution < 1.29 is 9.18 Å². The number of hydrogen-bond acceptors (Lipinski definition) is 2. The van der Waals surface area contributed by atoms with Crippen molar-refractivity contribution >= 4 is 11.5 Å². The lowest BCUT2D eigenvalue weighted by Crippen LogP contribution is -2.02. The van der Waals surface area contributed by atoms with E-state index < -0.39 is 0 Å². The average Bonchev–Trinajstić information content (AvgIpc) is 2.39. The van der Waals surface area contributed by atoms with Crippen LogP contribution in [0, 0.1) is 5.82 Å². The van der Waals surface area contributed by atoms with Gasteiger partial charge in [-0.2, -0.15) is 0 Å². The van der Waals surface area contributed by atoms with Gasteiger partial charge >= 0.3 is 0 Å². The standard InChI is InChI=1S/C15H14FNO/c1-10(18)12-8-14(16)13(9-15(12)17-2)11-6-4-3-5-7-11/h3-9,17H,1-2H3. The summed E-state index contributed by atoms with van der Waals surface area (Å²) < 4.78 is 14.0. The number of carbonyl (C=O) groups excluding carboxylic acids is 1. The first-order valence-electron chi connectivity index (χ1n) is 5.71. The van der Waals surface area contributed by atoms with Crippen LogP contribution in [0.25, 0.3) is 11.1 Å². The van der Waals surface area contributed by atoms with Gasteiger partial charge in [-0.15, -0.1) is 0 Å². The fourth-order valence-electron chi connectivity index (χ4n) is 1.91. The highest BCUT2D eigenvalue weighted by atomic mass is 19.1. The van der Waals surface area contributed by atoms with Crippen molar-refractivity contribution in [2.45, 2.75) is 6.92 Å². The molecule has 0 heterocycles. The largest absolute Gasteiger partial charge is 0.388 e. The third-order valence-electron chi connectivity index (χ3n) is 2.84. The monoisotopic (exact) mass is 243 g/mol. The van der Waals surface area contributed by atoms with Crippen LogP contribution < -0.4 is 5.32 Å². The lowest BCUT2D eigenvalue weighted by Gasteiger charge is -2.11. The molecule has 0 aromatic heterocycles. The Hall–Kier alpha value is -2.16. The molecular formula is C15H14FNO. The molecular weight excluding hydrogens is 229 g/mol. The van der Waals surface area contributed by atoms with Crippen molar-refractivity contribution in [1.29, 1.82) is 0 Å². The van der Waals surface area contributed by atoms with Gasteiger partial charge in [0, 0.05) is 23.9 Å². The maximum absolute atomic E-state index is 14.0. The van der Waals surface area contributed by atoms with Gasteiger partial charge in [-0.1, -0.05) is 30.3 Å². The molecule has 0 saturated heterocycles. The predicted molar refractivity (Wildman–Crippen MR) is 71.4 cm³/mol. The van der Waals surface area contributed by atoms with Gasteiger partial charge in [0.05, 0.1) is 0 Å². The number of nitrogens with one attached hydrogen (secondary N) is 1. The lowest BCUT2D eigenvalue weighted by atomic mass is 10.00. The van der Waals surface area contributed by atoms with E-state index in [4.69, 9.17) is 0 Å². The van der Waals surface area contributed by atoms with Crippen molar-refractivity contribution in [2.75, 3.05) is 12.4 Å². The highest BCUT2D eigenvalue weighted by molar-refractivity contribution is 6.00. The van der Waals surface area contributed by atoms with Crippen LogP contribution in [0.5, 0.6) is 0 Å². The van der Waals surface area contributed by atoms with Crippen LogP contribution in [0.1, 0.15) is 17.3 Å². The molecule has 2 aromatic rings. The average molecular weight is 243 g/mol. The van der Waals surface area contributed by atoms with Crippen LogP contribution in [-0.2, 0) is 0 Å². The van der Waals surface area contributed by atoms with Crippen molar-refractivity contribution in [3.05, 3.63) is 53.8 Å². The van der Waals surface area contributed by atoms with E-state index in [2.05, 4.69) is 5.32 Å². The summed E-state index contributed by atoms with van der Waals surface area (Å²) in [5, 5.41) is 2.93. The van der Waals surface area contributed by atoms with Gasteiger partial charge in [0.25, 0.3) is 0 Å². The minimum atomic E-state index is -0.384. The Kier molecular flexibility index (Phi) is 3.42. The summed E-state index contributed by atoms with van der Waals surface area (Å²) in [6.45, 7) is 1.43. The van der Waals surface area contributed by atoms with Crippen molar-refractivity contribution in [1.82, 2.24) is 0 Å². The van der Waals surface area contributed by atoms with E-state index in [0.717, 1.165) is 5.56 Å². The quantitative estimate of drug-likeness (QED) is 0.832. The van der Waals surface area contributed by atoms with Gasteiger partial charge in [-0.25, -0.2) is 4.39 Å². The van der Waals surface area contributed by atoms with Gasteiger partial charge in [0.15, 0.2) is 5.78 Å². The number of hydrogen-bond donors (Lipinski definition) is 1. The summed E-state index contributed by atoms with van der Waals surface area (Å²) in [5.74, 6) is -0.539. The number of halogens is 1. The lowest BCUT2D eigenvalue weighted by molar-refractivity contribution is 0.101. The van der Waals surface area contributed by atoms with E-state index in [-0.39, 0.29) is 11.6 Å². The van der Waals surface area contributed by atoms with Gasteiger partial charge in [0.1, 0.15) is 5.82 Å². The molecule has 0 saturated carbocycles. The van der Waals surface area contributed by atoms with Crippen molar-refractivity contribution in [3.63, 3.8) is 0 Å². The van der Waals surface area contributed by atoms with E-state index in [1.54, 1.807) is 13.1 Å². The number of rotatable bonds is 3. The van der Waals surface area contributed by atoms with Crippen LogP contribution in [0.2, 0.25) is 0 Å². The molecule has 0 aliphatic carbocycles. The van der Waals surface area contributed by atoms with Crippen LogP contribution in [0.4, 0.5) is 10.1 Å². The molecule has 0 aliphatic rings. The zero-order chi connectivity index (χ0) is 13.1. The van der Waals surface area contributed by atoms with Gasteiger partial charge in [-0.05, 0) is 24.6 Å². The number of carbonyl (C=O) groups is 1. The third-order valence-corrected chi connectivity index (χ3v) is 2.84. The smallest absolute Gasteiger partial charge is 0.161 e. The summed E-state index contributed by atoms with van der Waals surface area (Å²) in [6, 6.07) is 12.2. The van der Waals surface area contributed by atoms with Crippen LogP contribution >= 0.6 is 0 Å². The Morgan fingerprint density at radius 3 is 2.39 bits per heavy atom. The Bertz CT molecular complexity index is 579. The topological polar surface area (TPSA) is 29.1 Å². The maximum Gasteiger partial charge on any atom is 0.161 e. The van der Waals surface area contributed by atoms with Gasteiger partial charge in [0.2, 0.25) is 0 Å². The Balaban J connectivity index is 2.61. The Morgan fingerprint density at radius 2 is 1.83 bits per heavy atom. The Labute approximate surface area is 105 Å². The van der Waals surface area contributed by atoms with Crippen LogP contribution in [-0.4, -0.2) is 12.8 Å². The van der Waals surface area contributed by atoms with Gasteiger partial charge in [-0.3, -0.25) is 4.79 Å². The Morgan fingerprint density at radius 1 is 1.17 bits per heavy atom. The molecule has 0 bridgehead atoms. The first-order chi connectivity index (χ1) is 8.63. The zero-order valence-electron chi connectivity index (χ0n) is 10.3. The second-order valence-corrected chi connectivity index (χ2v) is 4.05. The fraction of sp³-hybridized carbons (Fsp3) is 0.133. The molecule has 3 heteroatoms. The number of anilines is 1. The molecule has 0 spiro atoms.